The van der Waals surface area contributed by atoms with Crippen molar-refractivity contribution in [2.75, 3.05) is 11.9 Å². The molecule has 0 radical (unpaired) electrons. The van der Waals surface area contributed by atoms with Crippen LogP contribution in [0.3, 0.4) is 0 Å². The number of urea groups is 1. The van der Waals surface area contributed by atoms with Gasteiger partial charge in [0.25, 0.3) is 11.2 Å². The quantitative estimate of drug-likeness (QED) is 0.645. The molecule has 1 aromatic heterocycles. The van der Waals surface area contributed by atoms with Crippen molar-refractivity contribution in [1.82, 2.24) is 9.88 Å². The van der Waals surface area contributed by atoms with Crippen LogP contribution < -0.4 is 10.9 Å². The van der Waals surface area contributed by atoms with Gasteiger partial charge in [0.2, 0.25) is 0 Å². The molecule has 8 nitrogen and oxygen atoms in total. The molecule has 25 heavy (non-hydrogen) atoms. The van der Waals surface area contributed by atoms with Gasteiger partial charge in [0.05, 0.1) is 22.7 Å². The number of aromatic nitrogens is 1. The number of H-pyrrole nitrogens is 1. The van der Waals surface area contributed by atoms with Crippen molar-refractivity contribution in [3.63, 3.8) is 0 Å². The summed E-state index contributed by atoms with van der Waals surface area (Å²) in [5, 5.41) is 13.9. The van der Waals surface area contributed by atoms with Crippen molar-refractivity contribution in [3.05, 3.63) is 67.1 Å². The van der Waals surface area contributed by atoms with Crippen molar-refractivity contribution in [2.24, 2.45) is 0 Å². The average molecular weight is 342 g/mol. The van der Waals surface area contributed by atoms with E-state index in [1.54, 1.807) is 26.1 Å². The monoisotopic (exact) mass is 342 g/mol. The minimum atomic E-state index is -0.471. The molecule has 0 saturated carbocycles. The zero-order chi connectivity index (χ0) is 18.1. The lowest BCUT2D eigenvalue weighted by atomic mass is 10.0. The van der Waals surface area contributed by atoms with E-state index in [4.69, 9.17) is 0 Å². The van der Waals surface area contributed by atoms with Crippen LogP contribution in [0.15, 0.2) is 29.2 Å². The highest BCUT2D eigenvalue weighted by Gasteiger charge is 2.24. The summed E-state index contributed by atoms with van der Waals surface area (Å²) in [7, 11) is 0. The lowest BCUT2D eigenvalue weighted by Crippen LogP contribution is -2.41. The molecule has 1 aliphatic rings. The van der Waals surface area contributed by atoms with Crippen molar-refractivity contribution in [2.45, 2.75) is 26.8 Å². The number of nitro groups is 1. The minimum absolute atomic E-state index is 0.0404. The predicted molar refractivity (Wildman–Crippen MR) is 92.8 cm³/mol. The van der Waals surface area contributed by atoms with Gasteiger partial charge in [-0.15, -0.1) is 0 Å². The summed E-state index contributed by atoms with van der Waals surface area (Å²) in [6.07, 6.45) is 2.20. The number of carbonyl (C=O) groups is 1. The van der Waals surface area contributed by atoms with Crippen LogP contribution in [-0.4, -0.2) is 27.4 Å². The molecule has 2 N–H and O–H groups in total. The van der Waals surface area contributed by atoms with E-state index in [1.807, 2.05) is 6.07 Å². The number of nitro benzene ring substituents is 1. The number of hydrogen-bond acceptors (Lipinski definition) is 4. The van der Waals surface area contributed by atoms with Gasteiger partial charge >= 0.3 is 6.03 Å². The van der Waals surface area contributed by atoms with Crippen molar-refractivity contribution >= 4 is 17.4 Å². The molecule has 1 aromatic carbocycles. The molecule has 0 atom stereocenters. The SMILES string of the molecule is Cc1ccc([N+](=O)[O-])c(C)c1NC(=O)N1CCc2cc[nH]c(=O)c2C1. The molecular formula is C17H18N4O4. The molecule has 2 aromatic rings. The maximum absolute atomic E-state index is 12.6. The number of benzene rings is 1. The Bertz CT molecular complexity index is 919. The average Bonchev–Trinajstić information content (AvgIpc) is 2.58. The van der Waals surface area contributed by atoms with Gasteiger partial charge in [-0.25, -0.2) is 4.79 Å². The van der Waals surface area contributed by atoms with Gasteiger partial charge in [0, 0.05) is 24.4 Å². The van der Waals surface area contributed by atoms with Crippen LogP contribution in [0.2, 0.25) is 0 Å². The molecule has 8 heteroatoms. The van der Waals surface area contributed by atoms with Gasteiger partial charge < -0.3 is 15.2 Å². The first-order chi connectivity index (χ1) is 11.9. The summed E-state index contributed by atoms with van der Waals surface area (Å²) < 4.78 is 0. The van der Waals surface area contributed by atoms with Crippen LogP contribution in [-0.2, 0) is 13.0 Å². The molecule has 0 unspecified atom stereocenters. The summed E-state index contributed by atoms with van der Waals surface area (Å²) >= 11 is 0. The fourth-order valence-corrected chi connectivity index (χ4v) is 3.07. The lowest BCUT2D eigenvalue weighted by Gasteiger charge is -2.28. The Balaban J connectivity index is 1.85. The summed E-state index contributed by atoms with van der Waals surface area (Å²) in [5.74, 6) is 0. The fraction of sp³-hybridized carbons (Fsp3) is 0.294. The van der Waals surface area contributed by atoms with Crippen LogP contribution in [0.5, 0.6) is 0 Å². The van der Waals surface area contributed by atoms with Gasteiger partial charge in [-0.05, 0) is 37.5 Å². The highest BCUT2D eigenvalue weighted by atomic mass is 16.6. The number of nitrogens with one attached hydrogen (secondary N) is 2. The Labute approximate surface area is 143 Å². The van der Waals surface area contributed by atoms with Crippen LogP contribution in [0.4, 0.5) is 16.2 Å². The Morgan fingerprint density at radius 1 is 1.32 bits per heavy atom. The Morgan fingerprint density at radius 3 is 2.80 bits per heavy atom. The van der Waals surface area contributed by atoms with E-state index in [1.165, 1.54) is 11.0 Å². The number of pyridine rings is 1. The zero-order valence-corrected chi connectivity index (χ0v) is 14.0. The molecule has 0 aliphatic carbocycles. The molecule has 0 saturated heterocycles. The smallest absolute Gasteiger partial charge is 0.322 e. The number of aromatic amines is 1. The van der Waals surface area contributed by atoms with E-state index in [9.17, 15) is 19.7 Å². The Morgan fingerprint density at radius 2 is 2.08 bits per heavy atom. The van der Waals surface area contributed by atoms with Crippen LogP contribution in [0.25, 0.3) is 0 Å². The summed E-state index contributed by atoms with van der Waals surface area (Å²) in [4.78, 5) is 39.3. The third kappa shape index (κ3) is 3.10. The topological polar surface area (TPSA) is 108 Å². The summed E-state index contributed by atoms with van der Waals surface area (Å²) in [6, 6.07) is 4.51. The van der Waals surface area contributed by atoms with E-state index in [2.05, 4.69) is 10.3 Å². The highest BCUT2D eigenvalue weighted by molar-refractivity contribution is 5.92. The Kier molecular flexibility index (Phi) is 4.26. The number of nitrogens with zero attached hydrogens (tertiary/aromatic N) is 2. The van der Waals surface area contributed by atoms with Crippen LogP contribution in [0.1, 0.15) is 22.3 Å². The van der Waals surface area contributed by atoms with Crippen molar-refractivity contribution in [1.29, 1.82) is 0 Å². The zero-order valence-electron chi connectivity index (χ0n) is 14.0. The van der Waals surface area contributed by atoms with E-state index >= 15 is 0 Å². The maximum atomic E-state index is 12.6. The molecule has 130 valence electrons. The third-order valence-electron chi connectivity index (χ3n) is 4.52. The third-order valence-corrected chi connectivity index (χ3v) is 4.52. The maximum Gasteiger partial charge on any atom is 0.322 e. The van der Waals surface area contributed by atoms with Crippen LogP contribution in [0, 0.1) is 24.0 Å². The van der Waals surface area contributed by atoms with E-state index in [0.717, 1.165) is 11.1 Å². The number of rotatable bonds is 2. The number of aryl methyl sites for hydroxylation is 1. The number of carbonyl (C=O) groups excluding carboxylic acids is 1. The van der Waals surface area contributed by atoms with Gasteiger partial charge in [0.1, 0.15) is 0 Å². The van der Waals surface area contributed by atoms with Gasteiger partial charge in [-0.2, -0.15) is 0 Å². The van der Waals surface area contributed by atoms with E-state index in [-0.39, 0.29) is 23.8 Å². The minimum Gasteiger partial charge on any atom is -0.329 e. The second-order valence-electron chi connectivity index (χ2n) is 6.07. The normalized spacial score (nSPS) is 13.3. The largest absolute Gasteiger partial charge is 0.329 e. The molecule has 3 rings (SSSR count). The second kappa shape index (κ2) is 6.39. The lowest BCUT2D eigenvalue weighted by molar-refractivity contribution is -0.385. The number of amides is 2. The number of anilines is 1. The highest BCUT2D eigenvalue weighted by Crippen LogP contribution is 2.29. The van der Waals surface area contributed by atoms with Gasteiger partial charge in [-0.1, -0.05) is 6.07 Å². The van der Waals surface area contributed by atoms with Gasteiger partial charge in [0.15, 0.2) is 0 Å². The molecule has 2 amide bonds. The molecule has 0 spiro atoms. The second-order valence-corrected chi connectivity index (χ2v) is 6.07. The Hall–Kier alpha value is -3.16. The number of hydrogen-bond donors (Lipinski definition) is 2. The van der Waals surface area contributed by atoms with Gasteiger partial charge in [-0.3, -0.25) is 14.9 Å². The van der Waals surface area contributed by atoms with Crippen molar-refractivity contribution in [3.8, 4) is 0 Å². The van der Waals surface area contributed by atoms with E-state index in [0.29, 0.717) is 29.8 Å². The fourth-order valence-electron chi connectivity index (χ4n) is 3.07. The first-order valence-corrected chi connectivity index (χ1v) is 7.88. The molecule has 0 bridgehead atoms. The van der Waals surface area contributed by atoms with Crippen LogP contribution >= 0.6 is 0 Å². The molecular weight excluding hydrogens is 324 g/mol. The summed E-state index contributed by atoms with van der Waals surface area (Å²) in [5.41, 5.74) is 2.87. The standard InChI is InChI=1S/C17H18N4O4/c1-10-3-4-14(21(24)25)11(2)15(10)19-17(23)20-8-6-12-5-7-18-16(22)13(12)9-20/h3-5,7H,6,8-9H2,1-2H3,(H,18,22)(H,19,23). The molecule has 0 fully saturated rings. The van der Waals surface area contributed by atoms with E-state index < -0.39 is 4.92 Å². The molecule has 1 aliphatic heterocycles. The first-order valence-electron chi connectivity index (χ1n) is 7.88. The predicted octanol–water partition coefficient (Wildman–Crippen LogP) is 2.49. The van der Waals surface area contributed by atoms with Crippen molar-refractivity contribution < 1.29 is 9.72 Å². The first kappa shape index (κ1) is 16.7. The summed E-state index contributed by atoms with van der Waals surface area (Å²) in [6.45, 7) is 4.08. The molecule has 2 heterocycles. The number of fused-ring (bicyclic) bond motifs is 1.